The molecule has 2 aromatic rings. The Morgan fingerprint density at radius 2 is 1.94 bits per heavy atom. The molecular weight excluding hydrogens is 200 g/mol. The molecule has 4 nitrogen and oxygen atoms in total. The largest absolute Gasteiger partial charge is 0.398 e. The average molecular weight is 216 g/mol. The predicted octanol–water partition coefficient (Wildman–Crippen LogP) is 2.19. The van der Waals surface area contributed by atoms with Crippen molar-refractivity contribution in [3.05, 3.63) is 30.1 Å². The van der Waals surface area contributed by atoms with Crippen LogP contribution in [0.4, 0.5) is 5.69 Å². The SMILES string of the molecule is CC(C)c1nc(-c2ccccc2N)n(C)n1. The van der Waals surface area contributed by atoms with Gasteiger partial charge in [0, 0.05) is 24.2 Å². The van der Waals surface area contributed by atoms with Crippen molar-refractivity contribution in [3.63, 3.8) is 0 Å². The van der Waals surface area contributed by atoms with Gasteiger partial charge in [0.1, 0.15) is 0 Å². The van der Waals surface area contributed by atoms with E-state index in [1.165, 1.54) is 0 Å². The Bertz CT molecular complexity index is 499. The number of rotatable bonds is 2. The third-order valence-electron chi connectivity index (χ3n) is 2.50. The first-order valence-corrected chi connectivity index (χ1v) is 5.35. The second-order valence-electron chi connectivity index (χ2n) is 4.16. The second kappa shape index (κ2) is 3.96. The molecule has 0 unspecified atom stereocenters. The highest BCUT2D eigenvalue weighted by molar-refractivity contribution is 5.71. The van der Waals surface area contributed by atoms with Gasteiger partial charge in [-0.2, -0.15) is 5.10 Å². The number of nitrogens with two attached hydrogens (primary N) is 1. The van der Waals surface area contributed by atoms with Crippen LogP contribution in [0.1, 0.15) is 25.6 Å². The summed E-state index contributed by atoms with van der Waals surface area (Å²) in [5, 5.41) is 4.38. The monoisotopic (exact) mass is 216 g/mol. The molecule has 0 atom stereocenters. The summed E-state index contributed by atoms with van der Waals surface area (Å²) in [6.07, 6.45) is 0. The quantitative estimate of drug-likeness (QED) is 0.783. The van der Waals surface area contributed by atoms with Crippen LogP contribution in [0.25, 0.3) is 11.4 Å². The van der Waals surface area contributed by atoms with E-state index < -0.39 is 0 Å². The smallest absolute Gasteiger partial charge is 0.160 e. The minimum atomic E-state index is 0.324. The van der Waals surface area contributed by atoms with Crippen LogP contribution >= 0.6 is 0 Å². The minimum Gasteiger partial charge on any atom is -0.398 e. The number of hydrogen-bond donors (Lipinski definition) is 1. The zero-order valence-electron chi connectivity index (χ0n) is 9.81. The summed E-state index contributed by atoms with van der Waals surface area (Å²) in [5.74, 6) is 1.99. The highest BCUT2D eigenvalue weighted by Crippen LogP contribution is 2.24. The molecule has 0 bridgehead atoms. The summed E-state index contributed by atoms with van der Waals surface area (Å²) in [7, 11) is 1.89. The van der Waals surface area contributed by atoms with E-state index in [0.29, 0.717) is 5.92 Å². The van der Waals surface area contributed by atoms with E-state index in [-0.39, 0.29) is 0 Å². The first-order valence-electron chi connectivity index (χ1n) is 5.35. The number of benzene rings is 1. The lowest BCUT2D eigenvalue weighted by molar-refractivity contribution is 0.712. The van der Waals surface area contributed by atoms with Gasteiger partial charge in [-0.3, -0.25) is 0 Å². The van der Waals surface area contributed by atoms with Crippen molar-refractivity contribution in [3.8, 4) is 11.4 Å². The van der Waals surface area contributed by atoms with Crippen LogP contribution < -0.4 is 5.73 Å². The molecule has 0 aliphatic heterocycles. The normalized spacial score (nSPS) is 11.0. The summed E-state index contributed by atoms with van der Waals surface area (Å²) in [4.78, 5) is 4.51. The summed E-state index contributed by atoms with van der Waals surface area (Å²) in [6.45, 7) is 4.15. The first kappa shape index (κ1) is 10.7. The van der Waals surface area contributed by atoms with Crippen LogP contribution in [0.2, 0.25) is 0 Å². The van der Waals surface area contributed by atoms with E-state index in [0.717, 1.165) is 22.9 Å². The maximum atomic E-state index is 5.93. The fraction of sp³-hybridized carbons (Fsp3) is 0.333. The van der Waals surface area contributed by atoms with E-state index in [2.05, 4.69) is 23.9 Å². The standard InChI is InChI=1S/C12H16N4/c1-8(2)11-14-12(16(3)15-11)9-6-4-5-7-10(9)13/h4-8H,13H2,1-3H3. The molecular formula is C12H16N4. The third kappa shape index (κ3) is 1.78. The molecule has 16 heavy (non-hydrogen) atoms. The molecule has 0 saturated heterocycles. The Morgan fingerprint density at radius 1 is 1.25 bits per heavy atom. The van der Waals surface area contributed by atoms with Gasteiger partial charge in [-0.05, 0) is 12.1 Å². The van der Waals surface area contributed by atoms with Gasteiger partial charge in [-0.15, -0.1) is 0 Å². The van der Waals surface area contributed by atoms with Crippen LogP contribution in [0.15, 0.2) is 24.3 Å². The number of aryl methyl sites for hydroxylation is 1. The molecule has 2 N–H and O–H groups in total. The van der Waals surface area contributed by atoms with Crippen molar-refractivity contribution < 1.29 is 0 Å². The number of nitrogens with zero attached hydrogens (tertiary/aromatic N) is 3. The van der Waals surface area contributed by atoms with Crippen LogP contribution in [-0.2, 0) is 7.05 Å². The molecule has 0 saturated carbocycles. The van der Waals surface area contributed by atoms with Crippen LogP contribution in [0.5, 0.6) is 0 Å². The number of para-hydroxylation sites is 1. The molecule has 1 heterocycles. The van der Waals surface area contributed by atoms with Crippen molar-refractivity contribution in [1.82, 2.24) is 14.8 Å². The van der Waals surface area contributed by atoms with E-state index in [1.807, 2.05) is 31.3 Å². The fourth-order valence-corrected chi connectivity index (χ4v) is 1.58. The number of hydrogen-bond acceptors (Lipinski definition) is 3. The number of anilines is 1. The Labute approximate surface area is 95.1 Å². The minimum absolute atomic E-state index is 0.324. The fourth-order valence-electron chi connectivity index (χ4n) is 1.58. The van der Waals surface area contributed by atoms with Gasteiger partial charge < -0.3 is 5.73 Å². The lowest BCUT2D eigenvalue weighted by Crippen LogP contribution is -1.97. The average Bonchev–Trinajstić information content (AvgIpc) is 2.61. The van der Waals surface area contributed by atoms with E-state index in [4.69, 9.17) is 5.73 Å². The van der Waals surface area contributed by atoms with Gasteiger partial charge in [0.25, 0.3) is 0 Å². The number of aromatic nitrogens is 3. The topological polar surface area (TPSA) is 56.7 Å². The molecule has 2 rings (SSSR count). The van der Waals surface area contributed by atoms with Crippen LogP contribution in [0, 0.1) is 0 Å². The van der Waals surface area contributed by atoms with Crippen molar-refractivity contribution in [2.75, 3.05) is 5.73 Å². The summed E-state index contributed by atoms with van der Waals surface area (Å²) >= 11 is 0. The first-order chi connectivity index (χ1) is 7.59. The lowest BCUT2D eigenvalue weighted by Gasteiger charge is -2.02. The summed E-state index contributed by atoms with van der Waals surface area (Å²) in [6, 6.07) is 7.70. The van der Waals surface area contributed by atoms with Gasteiger partial charge in [-0.1, -0.05) is 26.0 Å². The molecule has 0 fully saturated rings. The highest BCUT2D eigenvalue weighted by atomic mass is 15.3. The maximum absolute atomic E-state index is 5.93. The van der Waals surface area contributed by atoms with Crippen molar-refractivity contribution >= 4 is 5.69 Å². The molecule has 0 spiro atoms. The third-order valence-corrected chi connectivity index (χ3v) is 2.50. The van der Waals surface area contributed by atoms with Crippen LogP contribution in [0.3, 0.4) is 0 Å². The Balaban J connectivity index is 2.52. The Kier molecular flexibility index (Phi) is 2.64. The Hall–Kier alpha value is -1.84. The van der Waals surface area contributed by atoms with Crippen molar-refractivity contribution in [1.29, 1.82) is 0 Å². The second-order valence-corrected chi connectivity index (χ2v) is 4.16. The molecule has 0 radical (unpaired) electrons. The highest BCUT2D eigenvalue weighted by Gasteiger charge is 2.13. The van der Waals surface area contributed by atoms with E-state index in [9.17, 15) is 0 Å². The molecule has 1 aromatic carbocycles. The number of nitrogen functional groups attached to an aromatic ring is 1. The van der Waals surface area contributed by atoms with E-state index >= 15 is 0 Å². The summed E-state index contributed by atoms with van der Waals surface area (Å²) in [5.41, 5.74) is 7.59. The van der Waals surface area contributed by atoms with Crippen molar-refractivity contribution in [2.45, 2.75) is 19.8 Å². The van der Waals surface area contributed by atoms with Gasteiger partial charge in [-0.25, -0.2) is 9.67 Å². The van der Waals surface area contributed by atoms with Gasteiger partial charge >= 0.3 is 0 Å². The molecule has 84 valence electrons. The predicted molar refractivity (Wildman–Crippen MR) is 64.9 cm³/mol. The summed E-state index contributed by atoms with van der Waals surface area (Å²) < 4.78 is 1.78. The molecule has 4 heteroatoms. The van der Waals surface area contributed by atoms with E-state index in [1.54, 1.807) is 4.68 Å². The van der Waals surface area contributed by atoms with Crippen molar-refractivity contribution in [2.24, 2.45) is 7.05 Å². The molecule has 1 aromatic heterocycles. The van der Waals surface area contributed by atoms with Crippen LogP contribution in [-0.4, -0.2) is 14.8 Å². The molecule has 0 aliphatic carbocycles. The molecule has 0 aliphatic rings. The molecule has 0 amide bonds. The lowest BCUT2D eigenvalue weighted by atomic mass is 10.1. The Morgan fingerprint density at radius 3 is 2.50 bits per heavy atom. The zero-order chi connectivity index (χ0) is 11.7. The zero-order valence-corrected chi connectivity index (χ0v) is 9.81. The van der Waals surface area contributed by atoms with Gasteiger partial charge in [0.2, 0.25) is 0 Å². The maximum Gasteiger partial charge on any atom is 0.160 e. The van der Waals surface area contributed by atoms with Gasteiger partial charge in [0.05, 0.1) is 0 Å². The van der Waals surface area contributed by atoms with Gasteiger partial charge in [0.15, 0.2) is 11.6 Å².